The molecule has 2 N–H and O–H groups in total. The average Bonchev–Trinajstić information content (AvgIpc) is 2.41. The standard InChI is InChI=1S/C13H14N4S/c18-13(9-11-5-1-3-7-14-11)17-16-10-12-6-2-4-8-15-12/h1-8,16H,9-10H2,(H,17,18). The third kappa shape index (κ3) is 4.20. The van der Waals surface area contributed by atoms with Crippen LogP contribution in [0.25, 0.3) is 0 Å². The van der Waals surface area contributed by atoms with Gasteiger partial charge in [-0.1, -0.05) is 24.4 Å². The van der Waals surface area contributed by atoms with Gasteiger partial charge in [0.2, 0.25) is 0 Å². The molecule has 0 aromatic carbocycles. The highest BCUT2D eigenvalue weighted by Crippen LogP contribution is 1.95. The molecule has 92 valence electrons. The van der Waals surface area contributed by atoms with E-state index in [1.807, 2.05) is 36.4 Å². The van der Waals surface area contributed by atoms with Gasteiger partial charge < -0.3 is 5.43 Å². The normalized spacial score (nSPS) is 10.0. The van der Waals surface area contributed by atoms with Crippen molar-refractivity contribution in [2.24, 2.45) is 0 Å². The molecule has 0 bridgehead atoms. The fourth-order valence-electron chi connectivity index (χ4n) is 1.45. The van der Waals surface area contributed by atoms with Crippen molar-refractivity contribution in [2.45, 2.75) is 13.0 Å². The second kappa shape index (κ2) is 6.78. The second-order valence-corrected chi connectivity index (χ2v) is 4.21. The molecule has 0 atom stereocenters. The number of hydrogen-bond acceptors (Lipinski definition) is 4. The Balaban J connectivity index is 1.73. The van der Waals surface area contributed by atoms with Crippen molar-refractivity contribution in [3.05, 3.63) is 60.2 Å². The van der Waals surface area contributed by atoms with Crippen molar-refractivity contribution in [3.8, 4) is 0 Å². The van der Waals surface area contributed by atoms with Gasteiger partial charge in [0.05, 0.1) is 17.2 Å². The Kier molecular flexibility index (Phi) is 4.75. The SMILES string of the molecule is S=C(Cc1ccccn1)NNCc1ccccn1. The minimum absolute atomic E-state index is 0.628. The van der Waals surface area contributed by atoms with Crippen LogP contribution in [0.15, 0.2) is 48.8 Å². The Morgan fingerprint density at radius 2 is 1.67 bits per heavy atom. The predicted octanol–water partition coefficient (Wildman–Crippen LogP) is 1.64. The van der Waals surface area contributed by atoms with Crippen LogP contribution in [0.4, 0.5) is 0 Å². The van der Waals surface area contributed by atoms with Gasteiger partial charge in [-0.05, 0) is 24.3 Å². The Labute approximate surface area is 111 Å². The summed E-state index contributed by atoms with van der Waals surface area (Å²) in [5.41, 5.74) is 7.94. The Bertz CT molecular complexity index is 487. The number of hydrogen-bond donors (Lipinski definition) is 2. The van der Waals surface area contributed by atoms with Crippen molar-refractivity contribution >= 4 is 17.2 Å². The largest absolute Gasteiger partial charge is 0.315 e. The van der Waals surface area contributed by atoms with E-state index in [0.717, 1.165) is 11.4 Å². The van der Waals surface area contributed by atoms with Gasteiger partial charge in [0.1, 0.15) is 0 Å². The number of hydrazine groups is 1. The van der Waals surface area contributed by atoms with Crippen LogP contribution in [-0.2, 0) is 13.0 Å². The summed E-state index contributed by atoms with van der Waals surface area (Å²) >= 11 is 5.22. The molecule has 0 fully saturated rings. The molecule has 0 saturated heterocycles. The van der Waals surface area contributed by atoms with E-state index in [4.69, 9.17) is 12.2 Å². The van der Waals surface area contributed by atoms with Crippen LogP contribution in [0, 0.1) is 0 Å². The summed E-state index contributed by atoms with van der Waals surface area (Å²) in [5, 5.41) is 0. The van der Waals surface area contributed by atoms with Gasteiger partial charge in [0.25, 0.3) is 0 Å². The fraction of sp³-hybridized carbons (Fsp3) is 0.154. The first-order valence-corrected chi connectivity index (χ1v) is 6.07. The lowest BCUT2D eigenvalue weighted by molar-refractivity contribution is 0.641. The van der Waals surface area contributed by atoms with Gasteiger partial charge in [0.15, 0.2) is 0 Å². The van der Waals surface area contributed by atoms with E-state index in [9.17, 15) is 0 Å². The van der Waals surface area contributed by atoms with E-state index in [-0.39, 0.29) is 0 Å². The van der Waals surface area contributed by atoms with E-state index in [1.165, 1.54) is 0 Å². The van der Waals surface area contributed by atoms with Crippen molar-refractivity contribution in [1.29, 1.82) is 0 Å². The number of thiocarbonyl (C=S) groups is 1. The summed E-state index contributed by atoms with van der Waals surface area (Å²) in [6, 6.07) is 11.6. The predicted molar refractivity (Wildman–Crippen MR) is 74.8 cm³/mol. The summed E-state index contributed by atoms with van der Waals surface area (Å²) in [4.78, 5) is 9.13. The minimum atomic E-state index is 0.628. The molecule has 4 nitrogen and oxygen atoms in total. The van der Waals surface area contributed by atoms with E-state index in [2.05, 4.69) is 20.8 Å². The van der Waals surface area contributed by atoms with Crippen LogP contribution in [0.3, 0.4) is 0 Å². The summed E-state index contributed by atoms with van der Waals surface area (Å²) in [6.07, 6.45) is 4.16. The van der Waals surface area contributed by atoms with Crippen LogP contribution in [-0.4, -0.2) is 15.0 Å². The molecule has 0 radical (unpaired) electrons. The summed E-state index contributed by atoms with van der Waals surface area (Å²) < 4.78 is 0. The molecular weight excluding hydrogens is 244 g/mol. The summed E-state index contributed by atoms with van der Waals surface area (Å²) in [5.74, 6) is 0. The quantitative estimate of drug-likeness (QED) is 0.631. The molecule has 5 heteroatoms. The zero-order valence-corrected chi connectivity index (χ0v) is 10.7. The molecule has 0 aliphatic heterocycles. The highest BCUT2D eigenvalue weighted by atomic mass is 32.1. The number of rotatable bonds is 5. The smallest absolute Gasteiger partial charge is 0.0955 e. The van der Waals surface area contributed by atoms with E-state index in [1.54, 1.807) is 12.4 Å². The lowest BCUT2D eigenvalue weighted by atomic mass is 10.3. The van der Waals surface area contributed by atoms with Gasteiger partial charge in [0, 0.05) is 24.5 Å². The number of aromatic nitrogens is 2. The third-order valence-electron chi connectivity index (χ3n) is 2.29. The first kappa shape index (κ1) is 12.6. The third-order valence-corrected chi connectivity index (χ3v) is 2.54. The molecule has 0 amide bonds. The average molecular weight is 258 g/mol. The van der Waals surface area contributed by atoms with Crippen LogP contribution in [0.5, 0.6) is 0 Å². The number of nitrogens with zero attached hydrogens (tertiary/aromatic N) is 2. The van der Waals surface area contributed by atoms with Crippen molar-refractivity contribution in [3.63, 3.8) is 0 Å². The van der Waals surface area contributed by atoms with Crippen LogP contribution in [0.1, 0.15) is 11.4 Å². The molecule has 2 aromatic rings. The molecule has 2 heterocycles. The molecule has 0 aliphatic rings. The molecule has 0 aliphatic carbocycles. The number of pyridine rings is 2. The first-order valence-electron chi connectivity index (χ1n) is 5.66. The van der Waals surface area contributed by atoms with Crippen molar-refractivity contribution in [1.82, 2.24) is 20.8 Å². The molecule has 2 rings (SSSR count). The van der Waals surface area contributed by atoms with Crippen LogP contribution < -0.4 is 10.9 Å². The Hall–Kier alpha value is -1.85. The molecule has 0 saturated carbocycles. The lowest BCUT2D eigenvalue weighted by Gasteiger charge is -2.08. The van der Waals surface area contributed by atoms with Crippen LogP contribution in [0.2, 0.25) is 0 Å². The Morgan fingerprint density at radius 1 is 1.00 bits per heavy atom. The number of nitrogens with one attached hydrogen (secondary N) is 2. The van der Waals surface area contributed by atoms with Gasteiger partial charge >= 0.3 is 0 Å². The van der Waals surface area contributed by atoms with E-state index >= 15 is 0 Å². The second-order valence-electron chi connectivity index (χ2n) is 3.72. The highest BCUT2D eigenvalue weighted by Gasteiger charge is 1.99. The Morgan fingerprint density at radius 3 is 2.28 bits per heavy atom. The fourth-order valence-corrected chi connectivity index (χ4v) is 1.67. The van der Waals surface area contributed by atoms with Gasteiger partial charge in [-0.2, -0.15) is 0 Å². The molecular formula is C13H14N4S. The zero-order valence-electron chi connectivity index (χ0n) is 9.84. The summed E-state index contributed by atoms with van der Waals surface area (Å²) in [7, 11) is 0. The maximum absolute atomic E-state index is 5.22. The maximum Gasteiger partial charge on any atom is 0.0955 e. The monoisotopic (exact) mass is 258 g/mol. The lowest BCUT2D eigenvalue weighted by Crippen LogP contribution is -2.37. The zero-order chi connectivity index (χ0) is 12.6. The minimum Gasteiger partial charge on any atom is -0.315 e. The molecule has 0 spiro atoms. The maximum atomic E-state index is 5.22. The van der Waals surface area contributed by atoms with Gasteiger partial charge in [-0.15, -0.1) is 0 Å². The van der Waals surface area contributed by atoms with Crippen molar-refractivity contribution < 1.29 is 0 Å². The van der Waals surface area contributed by atoms with Gasteiger partial charge in [-0.3, -0.25) is 9.97 Å². The van der Waals surface area contributed by atoms with E-state index in [0.29, 0.717) is 18.0 Å². The summed E-state index contributed by atoms with van der Waals surface area (Å²) in [6.45, 7) is 0.628. The van der Waals surface area contributed by atoms with Gasteiger partial charge in [-0.25, -0.2) is 5.43 Å². The topological polar surface area (TPSA) is 49.8 Å². The van der Waals surface area contributed by atoms with E-state index < -0.39 is 0 Å². The molecule has 18 heavy (non-hydrogen) atoms. The van der Waals surface area contributed by atoms with Crippen molar-refractivity contribution in [2.75, 3.05) is 0 Å². The molecule has 2 aromatic heterocycles. The van der Waals surface area contributed by atoms with Crippen LogP contribution >= 0.6 is 12.2 Å². The molecule has 0 unspecified atom stereocenters. The first-order chi connectivity index (χ1) is 8.84. The highest BCUT2D eigenvalue weighted by molar-refractivity contribution is 7.80.